The average molecular weight is 342 g/mol. The molecular formula is C18H22N4O3. The predicted molar refractivity (Wildman–Crippen MR) is 93.9 cm³/mol. The summed E-state index contributed by atoms with van der Waals surface area (Å²) in [6, 6.07) is 5.49. The van der Waals surface area contributed by atoms with Crippen LogP contribution in [0.3, 0.4) is 0 Å². The molecule has 1 unspecified atom stereocenters. The van der Waals surface area contributed by atoms with Gasteiger partial charge in [0.25, 0.3) is 5.56 Å². The molecule has 1 atom stereocenters. The van der Waals surface area contributed by atoms with E-state index in [2.05, 4.69) is 4.98 Å². The molecule has 1 saturated heterocycles. The van der Waals surface area contributed by atoms with Crippen LogP contribution in [0.4, 0.5) is 0 Å². The van der Waals surface area contributed by atoms with E-state index in [4.69, 9.17) is 5.73 Å². The zero-order chi connectivity index (χ0) is 18.0. The van der Waals surface area contributed by atoms with Crippen molar-refractivity contribution in [3.8, 4) is 0 Å². The van der Waals surface area contributed by atoms with Crippen LogP contribution >= 0.6 is 0 Å². The maximum atomic E-state index is 12.5. The van der Waals surface area contributed by atoms with Crippen LogP contribution in [0.5, 0.6) is 0 Å². The fraction of sp³-hybridized carbons (Fsp3) is 0.444. The lowest BCUT2D eigenvalue weighted by molar-refractivity contribution is -0.135. The first kappa shape index (κ1) is 17.1. The first-order valence-electron chi connectivity index (χ1n) is 8.49. The van der Waals surface area contributed by atoms with E-state index in [-0.39, 0.29) is 36.3 Å². The van der Waals surface area contributed by atoms with Crippen molar-refractivity contribution < 1.29 is 9.59 Å². The van der Waals surface area contributed by atoms with Crippen molar-refractivity contribution >= 4 is 22.7 Å². The minimum atomic E-state index is -0.359. The number of aromatic nitrogens is 2. The van der Waals surface area contributed by atoms with Gasteiger partial charge in [0.1, 0.15) is 0 Å². The second-order valence-corrected chi connectivity index (χ2v) is 6.55. The summed E-state index contributed by atoms with van der Waals surface area (Å²) in [5.41, 5.74) is 6.84. The minimum absolute atomic E-state index is 0.0674. The van der Waals surface area contributed by atoms with Crippen molar-refractivity contribution in [1.82, 2.24) is 14.5 Å². The fourth-order valence-corrected chi connectivity index (χ4v) is 3.31. The zero-order valence-electron chi connectivity index (χ0n) is 14.3. The summed E-state index contributed by atoms with van der Waals surface area (Å²) in [5.74, 6) is -0.698. The largest absolute Gasteiger partial charge is 0.369 e. The molecule has 1 fully saturated rings. The van der Waals surface area contributed by atoms with Crippen LogP contribution in [-0.2, 0) is 16.1 Å². The molecule has 1 aromatic carbocycles. The van der Waals surface area contributed by atoms with Gasteiger partial charge in [-0.1, -0.05) is 12.1 Å². The van der Waals surface area contributed by atoms with Gasteiger partial charge in [0, 0.05) is 26.1 Å². The molecule has 25 heavy (non-hydrogen) atoms. The third-order valence-electron chi connectivity index (χ3n) is 4.80. The number of hydrogen-bond donors (Lipinski definition) is 1. The molecule has 1 aromatic heterocycles. The second kappa shape index (κ2) is 7.04. The number of aryl methyl sites for hydroxylation is 2. The van der Waals surface area contributed by atoms with Gasteiger partial charge in [0.05, 0.1) is 23.1 Å². The molecule has 132 valence electrons. The lowest BCUT2D eigenvalue weighted by Crippen LogP contribution is -2.44. The van der Waals surface area contributed by atoms with Gasteiger partial charge in [-0.25, -0.2) is 4.98 Å². The SMILES string of the molecule is Cc1cccc2c(=O)n(CCC(=O)N3CCCC(C(N)=O)C3)cnc12. The first-order chi connectivity index (χ1) is 12.0. The zero-order valence-corrected chi connectivity index (χ0v) is 14.3. The molecule has 0 saturated carbocycles. The summed E-state index contributed by atoms with van der Waals surface area (Å²) in [6.45, 7) is 3.19. The number of benzene rings is 1. The summed E-state index contributed by atoms with van der Waals surface area (Å²) in [7, 11) is 0. The summed E-state index contributed by atoms with van der Waals surface area (Å²) >= 11 is 0. The predicted octanol–water partition coefficient (Wildman–Crippen LogP) is 0.819. The number of amides is 2. The number of carbonyl (C=O) groups excluding carboxylic acids is 2. The van der Waals surface area contributed by atoms with Gasteiger partial charge in [-0.3, -0.25) is 19.0 Å². The molecule has 1 aliphatic rings. The number of likely N-dealkylation sites (tertiary alicyclic amines) is 1. The van der Waals surface area contributed by atoms with Crippen molar-refractivity contribution in [3.05, 3.63) is 40.4 Å². The number of hydrogen-bond acceptors (Lipinski definition) is 4. The number of para-hydroxylation sites is 1. The molecule has 2 N–H and O–H groups in total. The maximum absolute atomic E-state index is 12.5. The molecule has 2 heterocycles. The van der Waals surface area contributed by atoms with E-state index >= 15 is 0 Å². The number of piperidine rings is 1. The van der Waals surface area contributed by atoms with Crippen molar-refractivity contribution in [1.29, 1.82) is 0 Å². The summed E-state index contributed by atoms with van der Waals surface area (Å²) in [6.07, 6.45) is 3.19. The van der Waals surface area contributed by atoms with E-state index in [1.165, 1.54) is 10.9 Å². The Morgan fingerprint density at radius 3 is 2.92 bits per heavy atom. The molecule has 1 aliphatic heterocycles. The number of primary amides is 1. The number of nitrogens with zero attached hydrogens (tertiary/aromatic N) is 3. The van der Waals surface area contributed by atoms with Gasteiger partial charge in [0.15, 0.2) is 0 Å². The van der Waals surface area contributed by atoms with Crippen LogP contribution in [-0.4, -0.2) is 39.4 Å². The Labute approximate surface area is 145 Å². The van der Waals surface area contributed by atoms with Crippen LogP contribution in [0.25, 0.3) is 10.9 Å². The Morgan fingerprint density at radius 2 is 2.16 bits per heavy atom. The third-order valence-corrected chi connectivity index (χ3v) is 4.80. The highest BCUT2D eigenvalue weighted by atomic mass is 16.2. The molecule has 2 aromatic rings. The van der Waals surface area contributed by atoms with Gasteiger partial charge in [-0.2, -0.15) is 0 Å². The van der Waals surface area contributed by atoms with E-state index in [1.807, 2.05) is 19.1 Å². The van der Waals surface area contributed by atoms with E-state index in [0.29, 0.717) is 24.0 Å². The number of nitrogens with two attached hydrogens (primary N) is 1. The van der Waals surface area contributed by atoms with Crippen LogP contribution < -0.4 is 11.3 Å². The minimum Gasteiger partial charge on any atom is -0.369 e. The summed E-state index contributed by atoms with van der Waals surface area (Å²) in [5, 5.41) is 0.557. The lowest BCUT2D eigenvalue weighted by Gasteiger charge is -2.31. The van der Waals surface area contributed by atoms with Crippen LogP contribution in [0.2, 0.25) is 0 Å². The topological polar surface area (TPSA) is 98.3 Å². The standard InChI is InChI=1S/C18H22N4O3/c1-12-4-2-6-14-16(12)20-11-22(18(14)25)9-7-15(23)21-8-3-5-13(10-21)17(19)24/h2,4,6,11,13H,3,5,7-10H2,1H3,(H2,19,24). The third kappa shape index (κ3) is 3.55. The molecule has 7 nitrogen and oxygen atoms in total. The summed E-state index contributed by atoms with van der Waals surface area (Å²) in [4.78, 5) is 42.3. The maximum Gasteiger partial charge on any atom is 0.261 e. The Balaban J connectivity index is 1.70. The fourth-order valence-electron chi connectivity index (χ4n) is 3.31. The molecule has 0 radical (unpaired) electrons. The number of carbonyl (C=O) groups is 2. The van der Waals surface area contributed by atoms with Crippen molar-refractivity contribution in [2.24, 2.45) is 11.7 Å². The number of rotatable bonds is 4. The highest BCUT2D eigenvalue weighted by Gasteiger charge is 2.26. The Hall–Kier alpha value is -2.70. The van der Waals surface area contributed by atoms with Crippen molar-refractivity contribution in [2.75, 3.05) is 13.1 Å². The van der Waals surface area contributed by atoms with Gasteiger partial charge in [-0.15, -0.1) is 0 Å². The Kier molecular flexibility index (Phi) is 4.83. The molecule has 0 spiro atoms. The molecule has 2 amide bonds. The average Bonchev–Trinajstić information content (AvgIpc) is 2.61. The van der Waals surface area contributed by atoms with E-state index in [0.717, 1.165) is 18.4 Å². The van der Waals surface area contributed by atoms with Gasteiger partial charge in [0.2, 0.25) is 11.8 Å². The second-order valence-electron chi connectivity index (χ2n) is 6.55. The molecule has 0 aliphatic carbocycles. The molecule has 7 heteroatoms. The van der Waals surface area contributed by atoms with Crippen LogP contribution in [0.1, 0.15) is 24.8 Å². The monoisotopic (exact) mass is 342 g/mol. The molecule has 3 rings (SSSR count). The normalized spacial score (nSPS) is 17.6. The summed E-state index contributed by atoms with van der Waals surface area (Å²) < 4.78 is 1.47. The van der Waals surface area contributed by atoms with Gasteiger partial charge >= 0.3 is 0 Å². The molecular weight excluding hydrogens is 320 g/mol. The van der Waals surface area contributed by atoms with Crippen molar-refractivity contribution in [3.63, 3.8) is 0 Å². The van der Waals surface area contributed by atoms with E-state index in [9.17, 15) is 14.4 Å². The van der Waals surface area contributed by atoms with E-state index in [1.54, 1.807) is 11.0 Å². The highest BCUT2D eigenvalue weighted by Crippen LogP contribution is 2.17. The van der Waals surface area contributed by atoms with E-state index < -0.39 is 0 Å². The lowest BCUT2D eigenvalue weighted by atomic mass is 9.97. The smallest absolute Gasteiger partial charge is 0.261 e. The van der Waals surface area contributed by atoms with Gasteiger partial charge < -0.3 is 10.6 Å². The Bertz CT molecular complexity index is 874. The first-order valence-corrected chi connectivity index (χ1v) is 8.49. The molecule has 0 bridgehead atoms. The van der Waals surface area contributed by atoms with Crippen LogP contribution in [0, 0.1) is 12.8 Å². The van der Waals surface area contributed by atoms with Crippen LogP contribution in [0.15, 0.2) is 29.3 Å². The highest BCUT2D eigenvalue weighted by molar-refractivity contribution is 5.81. The number of fused-ring (bicyclic) bond motifs is 1. The quantitative estimate of drug-likeness (QED) is 0.889. The van der Waals surface area contributed by atoms with Gasteiger partial charge in [-0.05, 0) is 31.4 Å². The Morgan fingerprint density at radius 1 is 1.36 bits per heavy atom. The van der Waals surface area contributed by atoms with Crippen molar-refractivity contribution in [2.45, 2.75) is 32.7 Å².